The average molecular weight is 357 g/mol. The molecule has 0 amide bonds. The Morgan fingerprint density at radius 1 is 1.12 bits per heavy atom. The molecular weight excluding hydrogens is 346 g/mol. The lowest BCUT2D eigenvalue weighted by atomic mass is 10.2. The zero-order chi connectivity index (χ0) is 12.4. The lowest BCUT2D eigenvalue weighted by Crippen LogP contribution is -1.92. The van der Waals surface area contributed by atoms with Crippen LogP contribution in [0.2, 0.25) is 0 Å². The SMILES string of the molecule is Cc1cnc(Oc2ccc(Br)cc2C)c(Br)c1. The smallest absolute Gasteiger partial charge is 0.233 e. The highest BCUT2D eigenvalue weighted by atomic mass is 79.9. The van der Waals surface area contributed by atoms with Gasteiger partial charge in [0.15, 0.2) is 0 Å². The van der Waals surface area contributed by atoms with Crippen molar-refractivity contribution in [2.75, 3.05) is 0 Å². The predicted molar refractivity (Wildman–Crippen MR) is 75.6 cm³/mol. The van der Waals surface area contributed by atoms with Crippen molar-refractivity contribution in [1.29, 1.82) is 0 Å². The molecule has 0 N–H and O–H groups in total. The second-order valence-electron chi connectivity index (χ2n) is 3.81. The van der Waals surface area contributed by atoms with Crippen molar-refractivity contribution in [3.63, 3.8) is 0 Å². The molecule has 0 spiro atoms. The zero-order valence-electron chi connectivity index (χ0n) is 9.50. The summed E-state index contributed by atoms with van der Waals surface area (Å²) in [6.45, 7) is 3.99. The van der Waals surface area contributed by atoms with Gasteiger partial charge in [0.1, 0.15) is 5.75 Å². The van der Waals surface area contributed by atoms with Crippen LogP contribution in [0.15, 0.2) is 39.4 Å². The zero-order valence-corrected chi connectivity index (χ0v) is 12.7. The van der Waals surface area contributed by atoms with E-state index in [1.807, 2.05) is 38.1 Å². The molecule has 1 aromatic heterocycles. The molecule has 0 saturated carbocycles. The molecule has 1 aromatic carbocycles. The lowest BCUT2D eigenvalue weighted by molar-refractivity contribution is 0.456. The van der Waals surface area contributed by atoms with Crippen LogP contribution >= 0.6 is 31.9 Å². The number of nitrogens with zero attached hydrogens (tertiary/aromatic N) is 1. The standard InChI is InChI=1S/C13H11Br2NO/c1-8-5-11(15)13(16-7-8)17-12-4-3-10(14)6-9(12)2/h3-7H,1-2H3. The minimum Gasteiger partial charge on any atom is -0.438 e. The Morgan fingerprint density at radius 2 is 1.88 bits per heavy atom. The fourth-order valence-corrected chi connectivity index (χ4v) is 2.45. The van der Waals surface area contributed by atoms with Gasteiger partial charge in [0.05, 0.1) is 4.47 Å². The summed E-state index contributed by atoms with van der Waals surface area (Å²) < 4.78 is 7.67. The molecule has 0 aliphatic rings. The van der Waals surface area contributed by atoms with E-state index in [1.54, 1.807) is 6.20 Å². The quantitative estimate of drug-likeness (QED) is 0.754. The molecule has 2 rings (SSSR count). The monoisotopic (exact) mass is 355 g/mol. The van der Waals surface area contributed by atoms with Gasteiger partial charge in [0.25, 0.3) is 0 Å². The molecule has 0 radical (unpaired) electrons. The van der Waals surface area contributed by atoms with Crippen molar-refractivity contribution in [2.24, 2.45) is 0 Å². The maximum Gasteiger partial charge on any atom is 0.233 e. The first-order chi connectivity index (χ1) is 8.06. The van der Waals surface area contributed by atoms with E-state index in [-0.39, 0.29) is 0 Å². The number of ether oxygens (including phenoxy) is 1. The van der Waals surface area contributed by atoms with E-state index >= 15 is 0 Å². The predicted octanol–water partition coefficient (Wildman–Crippen LogP) is 5.02. The Balaban J connectivity index is 2.31. The van der Waals surface area contributed by atoms with Crippen LogP contribution in [0.3, 0.4) is 0 Å². The van der Waals surface area contributed by atoms with Gasteiger partial charge in [0, 0.05) is 10.7 Å². The van der Waals surface area contributed by atoms with Crippen molar-refractivity contribution in [3.05, 3.63) is 50.5 Å². The third kappa shape index (κ3) is 3.07. The van der Waals surface area contributed by atoms with Crippen molar-refractivity contribution in [3.8, 4) is 11.6 Å². The van der Waals surface area contributed by atoms with Gasteiger partial charge in [-0.3, -0.25) is 0 Å². The first-order valence-corrected chi connectivity index (χ1v) is 6.71. The summed E-state index contributed by atoms with van der Waals surface area (Å²) in [5, 5.41) is 0. The molecule has 0 bridgehead atoms. The normalized spacial score (nSPS) is 10.4. The largest absolute Gasteiger partial charge is 0.438 e. The molecule has 0 aliphatic heterocycles. The summed E-state index contributed by atoms with van der Waals surface area (Å²) in [6, 6.07) is 7.87. The van der Waals surface area contributed by atoms with Gasteiger partial charge in [-0.25, -0.2) is 4.98 Å². The van der Waals surface area contributed by atoms with E-state index in [1.165, 1.54) is 0 Å². The van der Waals surface area contributed by atoms with Crippen LogP contribution in [0, 0.1) is 13.8 Å². The summed E-state index contributed by atoms with van der Waals surface area (Å²) in [7, 11) is 0. The van der Waals surface area contributed by atoms with E-state index in [2.05, 4.69) is 36.8 Å². The number of hydrogen-bond acceptors (Lipinski definition) is 2. The molecule has 0 aliphatic carbocycles. The van der Waals surface area contributed by atoms with Crippen LogP contribution in [0.5, 0.6) is 11.6 Å². The van der Waals surface area contributed by atoms with E-state index in [4.69, 9.17) is 4.74 Å². The Labute approximate surface area is 117 Å². The van der Waals surface area contributed by atoms with Gasteiger partial charge in [-0.15, -0.1) is 0 Å². The van der Waals surface area contributed by atoms with Gasteiger partial charge in [-0.2, -0.15) is 0 Å². The molecule has 2 nitrogen and oxygen atoms in total. The van der Waals surface area contributed by atoms with Crippen LogP contribution in [0.25, 0.3) is 0 Å². The summed E-state index contributed by atoms with van der Waals surface area (Å²) in [5.74, 6) is 1.39. The molecule has 4 heteroatoms. The van der Waals surface area contributed by atoms with Gasteiger partial charge in [-0.1, -0.05) is 15.9 Å². The van der Waals surface area contributed by atoms with Crippen molar-refractivity contribution in [1.82, 2.24) is 4.98 Å². The first kappa shape index (κ1) is 12.6. The Bertz CT molecular complexity index is 506. The molecular formula is C13H11Br2NO. The molecule has 0 unspecified atom stereocenters. The van der Waals surface area contributed by atoms with Crippen LogP contribution in [-0.4, -0.2) is 4.98 Å². The van der Waals surface area contributed by atoms with Gasteiger partial charge >= 0.3 is 0 Å². The van der Waals surface area contributed by atoms with Gasteiger partial charge < -0.3 is 4.74 Å². The molecule has 17 heavy (non-hydrogen) atoms. The van der Waals surface area contributed by atoms with Crippen LogP contribution < -0.4 is 4.74 Å². The topological polar surface area (TPSA) is 22.1 Å². The van der Waals surface area contributed by atoms with Gasteiger partial charge in [0.2, 0.25) is 5.88 Å². The Morgan fingerprint density at radius 3 is 2.53 bits per heavy atom. The maximum absolute atomic E-state index is 5.77. The number of hydrogen-bond donors (Lipinski definition) is 0. The molecule has 2 aromatic rings. The molecule has 1 heterocycles. The van der Waals surface area contributed by atoms with Crippen molar-refractivity contribution < 1.29 is 4.74 Å². The Hall–Kier alpha value is -0.870. The fourth-order valence-electron chi connectivity index (χ4n) is 1.43. The molecule has 0 fully saturated rings. The highest BCUT2D eigenvalue weighted by molar-refractivity contribution is 9.10. The lowest BCUT2D eigenvalue weighted by Gasteiger charge is -2.09. The van der Waals surface area contributed by atoms with Crippen LogP contribution in [0.4, 0.5) is 0 Å². The van der Waals surface area contributed by atoms with Crippen LogP contribution in [-0.2, 0) is 0 Å². The van der Waals surface area contributed by atoms with Crippen LogP contribution in [0.1, 0.15) is 11.1 Å². The van der Waals surface area contributed by atoms with E-state index in [0.29, 0.717) is 5.88 Å². The molecule has 0 saturated heterocycles. The number of rotatable bonds is 2. The van der Waals surface area contributed by atoms with E-state index in [0.717, 1.165) is 25.8 Å². The summed E-state index contributed by atoms with van der Waals surface area (Å²) in [4.78, 5) is 4.26. The number of aryl methyl sites for hydroxylation is 2. The summed E-state index contributed by atoms with van der Waals surface area (Å²) >= 11 is 6.87. The average Bonchev–Trinajstić information content (AvgIpc) is 2.25. The van der Waals surface area contributed by atoms with Crippen molar-refractivity contribution >= 4 is 31.9 Å². The molecule has 88 valence electrons. The third-order valence-electron chi connectivity index (χ3n) is 2.29. The second kappa shape index (κ2) is 5.19. The summed E-state index contributed by atoms with van der Waals surface area (Å²) in [5.41, 5.74) is 2.16. The summed E-state index contributed by atoms with van der Waals surface area (Å²) in [6.07, 6.45) is 1.79. The van der Waals surface area contributed by atoms with Gasteiger partial charge in [-0.05, 0) is 65.2 Å². The number of halogens is 2. The molecule has 0 atom stereocenters. The minimum atomic E-state index is 0.584. The minimum absolute atomic E-state index is 0.584. The highest BCUT2D eigenvalue weighted by Crippen LogP contribution is 2.30. The fraction of sp³-hybridized carbons (Fsp3) is 0.154. The van der Waals surface area contributed by atoms with E-state index in [9.17, 15) is 0 Å². The maximum atomic E-state index is 5.77. The number of benzene rings is 1. The first-order valence-electron chi connectivity index (χ1n) is 5.12. The number of aromatic nitrogens is 1. The van der Waals surface area contributed by atoms with Crippen molar-refractivity contribution in [2.45, 2.75) is 13.8 Å². The number of pyridine rings is 1. The Kier molecular flexibility index (Phi) is 3.84. The second-order valence-corrected chi connectivity index (χ2v) is 5.58. The van der Waals surface area contributed by atoms with E-state index < -0.39 is 0 Å². The highest BCUT2D eigenvalue weighted by Gasteiger charge is 2.07. The third-order valence-corrected chi connectivity index (χ3v) is 3.35.